The predicted octanol–water partition coefficient (Wildman–Crippen LogP) is -0.0116. The van der Waals surface area contributed by atoms with Gasteiger partial charge in [-0.05, 0) is 18.9 Å². The highest BCUT2D eigenvalue weighted by molar-refractivity contribution is 5.85. The number of carboxylic acids is 1. The van der Waals surface area contributed by atoms with E-state index in [9.17, 15) is 9.59 Å². The van der Waals surface area contributed by atoms with E-state index in [0.29, 0.717) is 5.95 Å². The van der Waals surface area contributed by atoms with Gasteiger partial charge in [0.15, 0.2) is 0 Å². The van der Waals surface area contributed by atoms with Gasteiger partial charge < -0.3 is 14.9 Å². The molecule has 1 fully saturated rings. The molecule has 1 saturated carbocycles. The summed E-state index contributed by atoms with van der Waals surface area (Å²) < 4.78 is 0. The molecule has 0 atom stereocenters. The van der Waals surface area contributed by atoms with E-state index in [2.05, 4.69) is 9.97 Å². The standard InChI is InChI=1S/C12H16N4O3/c1-15(12-13-5-2-6-14-12)7-10(17)16(8-11(18)19)9-3-4-9/h2,5-6,9H,3-4,7-8H2,1H3,(H,18,19). The lowest BCUT2D eigenvalue weighted by molar-refractivity contribution is -0.144. The van der Waals surface area contributed by atoms with Crippen molar-refractivity contribution in [1.82, 2.24) is 14.9 Å². The fourth-order valence-corrected chi connectivity index (χ4v) is 1.81. The van der Waals surface area contributed by atoms with Crippen molar-refractivity contribution in [3.8, 4) is 0 Å². The Bertz CT molecular complexity index is 461. The molecule has 19 heavy (non-hydrogen) atoms. The van der Waals surface area contributed by atoms with Crippen molar-refractivity contribution in [2.24, 2.45) is 0 Å². The largest absolute Gasteiger partial charge is 0.480 e. The van der Waals surface area contributed by atoms with Gasteiger partial charge in [-0.15, -0.1) is 0 Å². The molecule has 1 N–H and O–H groups in total. The third-order valence-electron chi connectivity index (χ3n) is 2.88. The molecule has 0 radical (unpaired) electrons. The summed E-state index contributed by atoms with van der Waals surface area (Å²) in [4.78, 5) is 34.0. The van der Waals surface area contributed by atoms with E-state index in [1.165, 1.54) is 4.90 Å². The molecule has 0 bridgehead atoms. The molecule has 1 aromatic rings. The number of hydrogen-bond donors (Lipinski definition) is 1. The highest BCUT2D eigenvalue weighted by Crippen LogP contribution is 2.26. The van der Waals surface area contributed by atoms with E-state index in [4.69, 9.17) is 5.11 Å². The van der Waals surface area contributed by atoms with Gasteiger partial charge in [0.05, 0.1) is 6.54 Å². The van der Waals surface area contributed by atoms with Gasteiger partial charge in [-0.25, -0.2) is 9.97 Å². The molecule has 1 aromatic heterocycles. The summed E-state index contributed by atoms with van der Waals surface area (Å²) in [5, 5.41) is 8.83. The maximum absolute atomic E-state index is 12.1. The number of hydrogen-bond acceptors (Lipinski definition) is 5. The Balaban J connectivity index is 1.97. The Morgan fingerprint density at radius 2 is 1.95 bits per heavy atom. The third kappa shape index (κ3) is 3.64. The van der Waals surface area contributed by atoms with Crippen LogP contribution in [0.2, 0.25) is 0 Å². The first kappa shape index (κ1) is 13.3. The molecule has 0 aliphatic heterocycles. The molecule has 7 nitrogen and oxygen atoms in total. The van der Waals surface area contributed by atoms with Crippen LogP contribution in [-0.4, -0.2) is 58.0 Å². The third-order valence-corrected chi connectivity index (χ3v) is 2.88. The molecule has 0 aromatic carbocycles. The molecular formula is C12H16N4O3. The van der Waals surface area contributed by atoms with Gasteiger partial charge in [-0.1, -0.05) is 0 Å². The summed E-state index contributed by atoms with van der Waals surface area (Å²) in [6.45, 7) is -0.166. The molecule has 102 valence electrons. The lowest BCUT2D eigenvalue weighted by Gasteiger charge is -2.23. The molecular weight excluding hydrogens is 248 g/mol. The summed E-state index contributed by atoms with van der Waals surface area (Å²) in [5.41, 5.74) is 0. The van der Waals surface area contributed by atoms with E-state index in [0.717, 1.165) is 12.8 Å². The Hall–Kier alpha value is -2.18. The maximum atomic E-state index is 12.1. The van der Waals surface area contributed by atoms with Crippen LogP contribution in [0.4, 0.5) is 5.95 Å². The average Bonchev–Trinajstić information content (AvgIpc) is 3.21. The van der Waals surface area contributed by atoms with Crippen molar-refractivity contribution in [3.05, 3.63) is 18.5 Å². The van der Waals surface area contributed by atoms with E-state index >= 15 is 0 Å². The van der Waals surface area contributed by atoms with Crippen molar-refractivity contribution in [1.29, 1.82) is 0 Å². The number of carboxylic acid groups (broad SMARTS) is 1. The number of rotatable bonds is 6. The number of amides is 1. The van der Waals surface area contributed by atoms with Gasteiger partial charge in [0.2, 0.25) is 11.9 Å². The number of likely N-dealkylation sites (N-methyl/N-ethyl adjacent to an activating group) is 1. The second-order valence-electron chi connectivity index (χ2n) is 4.55. The maximum Gasteiger partial charge on any atom is 0.323 e. The topological polar surface area (TPSA) is 86.6 Å². The van der Waals surface area contributed by atoms with Gasteiger partial charge in [-0.2, -0.15) is 0 Å². The Morgan fingerprint density at radius 1 is 1.32 bits per heavy atom. The fraction of sp³-hybridized carbons (Fsp3) is 0.500. The lowest BCUT2D eigenvalue weighted by Crippen LogP contribution is -2.43. The van der Waals surface area contributed by atoms with Crippen molar-refractivity contribution < 1.29 is 14.7 Å². The van der Waals surface area contributed by atoms with Gasteiger partial charge in [-0.3, -0.25) is 9.59 Å². The van der Waals surface area contributed by atoms with Gasteiger partial charge in [0.1, 0.15) is 6.54 Å². The molecule has 1 heterocycles. The quantitative estimate of drug-likeness (QED) is 0.777. The highest BCUT2D eigenvalue weighted by Gasteiger charge is 2.34. The number of anilines is 1. The van der Waals surface area contributed by atoms with Crippen LogP contribution >= 0.6 is 0 Å². The minimum atomic E-state index is -0.987. The van der Waals surface area contributed by atoms with Crippen molar-refractivity contribution in [2.75, 3.05) is 25.0 Å². The molecule has 1 amide bonds. The number of aromatic nitrogens is 2. The summed E-state index contributed by atoms with van der Waals surface area (Å²) in [7, 11) is 1.71. The molecule has 7 heteroatoms. The summed E-state index contributed by atoms with van der Waals surface area (Å²) in [6.07, 6.45) is 4.95. The SMILES string of the molecule is CN(CC(=O)N(CC(=O)O)C1CC1)c1ncccn1. The van der Waals surface area contributed by atoms with Gasteiger partial charge >= 0.3 is 5.97 Å². The minimum absolute atomic E-state index is 0.0772. The van der Waals surface area contributed by atoms with Crippen LogP contribution in [-0.2, 0) is 9.59 Å². The Labute approximate surface area is 110 Å². The van der Waals surface area contributed by atoms with Crippen LogP contribution in [0.3, 0.4) is 0 Å². The Morgan fingerprint density at radius 3 is 2.47 bits per heavy atom. The van der Waals surface area contributed by atoms with E-state index in [1.807, 2.05) is 0 Å². The van der Waals surface area contributed by atoms with E-state index < -0.39 is 5.97 Å². The first-order valence-corrected chi connectivity index (χ1v) is 6.07. The molecule has 2 rings (SSSR count). The van der Waals surface area contributed by atoms with Crippen LogP contribution in [0.1, 0.15) is 12.8 Å². The highest BCUT2D eigenvalue weighted by atomic mass is 16.4. The monoisotopic (exact) mass is 264 g/mol. The van der Waals surface area contributed by atoms with Crippen molar-refractivity contribution in [3.63, 3.8) is 0 Å². The van der Waals surface area contributed by atoms with Gasteiger partial charge in [0.25, 0.3) is 0 Å². The molecule has 1 aliphatic rings. The number of aliphatic carboxylic acids is 1. The van der Waals surface area contributed by atoms with Gasteiger partial charge in [0, 0.05) is 25.5 Å². The van der Waals surface area contributed by atoms with Crippen molar-refractivity contribution in [2.45, 2.75) is 18.9 Å². The van der Waals surface area contributed by atoms with Crippen LogP contribution in [0.5, 0.6) is 0 Å². The first-order valence-electron chi connectivity index (χ1n) is 6.07. The molecule has 1 aliphatic carbocycles. The summed E-state index contributed by atoms with van der Waals surface area (Å²) in [6, 6.07) is 1.77. The van der Waals surface area contributed by atoms with Crippen molar-refractivity contribution >= 4 is 17.8 Å². The normalized spacial score (nSPS) is 13.9. The van der Waals surface area contributed by atoms with Crippen LogP contribution in [0, 0.1) is 0 Å². The number of nitrogens with zero attached hydrogens (tertiary/aromatic N) is 4. The smallest absolute Gasteiger partial charge is 0.323 e. The fourth-order valence-electron chi connectivity index (χ4n) is 1.81. The average molecular weight is 264 g/mol. The lowest BCUT2D eigenvalue weighted by atomic mass is 10.4. The Kier molecular flexibility index (Phi) is 3.94. The van der Waals surface area contributed by atoms with Crippen LogP contribution < -0.4 is 4.90 Å². The zero-order valence-corrected chi connectivity index (χ0v) is 10.7. The summed E-state index contributed by atoms with van der Waals surface area (Å²) >= 11 is 0. The molecule has 0 spiro atoms. The van der Waals surface area contributed by atoms with E-state index in [1.54, 1.807) is 30.4 Å². The number of carbonyl (C=O) groups is 2. The predicted molar refractivity (Wildman–Crippen MR) is 67.7 cm³/mol. The van der Waals surface area contributed by atoms with Crippen LogP contribution in [0.25, 0.3) is 0 Å². The van der Waals surface area contributed by atoms with Crippen LogP contribution in [0.15, 0.2) is 18.5 Å². The number of carbonyl (C=O) groups excluding carboxylic acids is 1. The minimum Gasteiger partial charge on any atom is -0.480 e. The van der Waals surface area contributed by atoms with E-state index in [-0.39, 0.29) is 25.0 Å². The first-order chi connectivity index (χ1) is 9.08. The second kappa shape index (κ2) is 5.64. The second-order valence-corrected chi connectivity index (χ2v) is 4.55. The molecule has 0 saturated heterocycles. The molecule has 0 unspecified atom stereocenters. The summed E-state index contributed by atoms with van der Waals surface area (Å²) in [5.74, 6) is -0.749. The zero-order valence-electron chi connectivity index (χ0n) is 10.7. The zero-order chi connectivity index (χ0) is 13.8.